The van der Waals surface area contributed by atoms with E-state index in [0.29, 0.717) is 34.9 Å². The topological polar surface area (TPSA) is 96.1 Å². The van der Waals surface area contributed by atoms with Crippen LogP contribution in [-0.4, -0.2) is 42.3 Å². The first kappa shape index (κ1) is 22.6. The van der Waals surface area contributed by atoms with E-state index < -0.39 is 17.6 Å². The highest BCUT2D eigenvalue weighted by atomic mass is 35.5. The van der Waals surface area contributed by atoms with Crippen LogP contribution in [0.2, 0.25) is 0 Å². The zero-order valence-electron chi connectivity index (χ0n) is 16.6. The first-order valence-electron chi connectivity index (χ1n) is 9.55. The van der Waals surface area contributed by atoms with Crippen LogP contribution in [0.15, 0.2) is 30.3 Å². The molecule has 0 aliphatic carbocycles. The molecule has 1 saturated heterocycles. The molecule has 1 aromatic heterocycles. The maximum absolute atomic E-state index is 14.5. The molecule has 7 nitrogen and oxygen atoms in total. The van der Waals surface area contributed by atoms with Crippen LogP contribution in [0.4, 0.5) is 14.6 Å². The van der Waals surface area contributed by atoms with Crippen molar-refractivity contribution in [3.8, 4) is 11.1 Å². The second-order valence-electron chi connectivity index (χ2n) is 7.17. The number of carbonyl (C=O) groups excluding carboxylic acids is 2. The van der Waals surface area contributed by atoms with Gasteiger partial charge in [0.2, 0.25) is 5.91 Å². The van der Waals surface area contributed by atoms with E-state index in [1.807, 2.05) is 0 Å². The van der Waals surface area contributed by atoms with Crippen molar-refractivity contribution in [1.29, 1.82) is 0 Å². The van der Waals surface area contributed by atoms with Gasteiger partial charge in [-0.25, -0.2) is 13.6 Å². The number of nitrogens with one attached hydrogen (secondary N) is 3. The summed E-state index contributed by atoms with van der Waals surface area (Å²) in [5, 5.41) is 13.6. The van der Waals surface area contributed by atoms with Gasteiger partial charge >= 0.3 is 5.97 Å². The van der Waals surface area contributed by atoms with Gasteiger partial charge in [0.1, 0.15) is 11.6 Å². The lowest BCUT2D eigenvalue weighted by Crippen LogP contribution is -2.37. The Hall–Kier alpha value is -3.04. The molecule has 1 atom stereocenters. The number of piperidine rings is 1. The largest absolute Gasteiger partial charge is 0.465 e. The SMILES string of the molecule is COC(=O)c1cc(-c2ccc3[nH]nc(NC(=O)[C@@H]4CCCNC4)c3c2)c(F)cc1F.Cl. The number of rotatable bonds is 4. The van der Waals surface area contributed by atoms with Gasteiger partial charge in [0.25, 0.3) is 0 Å². The summed E-state index contributed by atoms with van der Waals surface area (Å²) in [5.74, 6) is -2.67. The lowest BCUT2D eigenvalue weighted by atomic mass is 9.98. The second kappa shape index (κ2) is 9.40. The Morgan fingerprint density at radius 3 is 2.71 bits per heavy atom. The molecule has 0 spiro atoms. The van der Waals surface area contributed by atoms with Gasteiger partial charge in [-0.3, -0.25) is 9.89 Å². The second-order valence-corrected chi connectivity index (χ2v) is 7.17. The van der Waals surface area contributed by atoms with Crippen molar-refractivity contribution < 1.29 is 23.1 Å². The number of halogens is 3. The molecule has 2 heterocycles. The van der Waals surface area contributed by atoms with E-state index in [1.54, 1.807) is 18.2 Å². The van der Waals surface area contributed by atoms with Crippen molar-refractivity contribution in [2.24, 2.45) is 5.92 Å². The Labute approximate surface area is 183 Å². The minimum absolute atomic E-state index is 0. The molecule has 0 bridgehead atoms. The van der Waals surface area contributed by atoms with Gasteiger partial charge in [0, 0.05) is 23.6 Å². The number of methoxy groups -OCH3 is 1. The van der Waals surface area contributed by atoms with Gasteiger partial charge in [-0.1, -0.05) is 6.07 Å². The summed E-state index contributed by atoms with van der Waals surface area (Å²) in [5.41, 5.74) is 0.723. The summed E-state index contributed by atoms with van der Waals surface area (Å²) < 4.78 is 33.0. The van der Waals surface area contributed by atoms with Crippen LogP contribution >= 0.6 is 12.4 Å². The number of carbonyl (C=O) groups is 2. The van der Waals surface area contributed by atoms with E-state index in [-0.39, 0.29) is 35.4 Å². The van der Waals surface area contributed by atoms with E-state index >= 15 is 0 Å². The van der Waals surface area contributed by atoms with E-state index in [1.165, 1.54) is 0 Å². The molecule has 4 rings (SSSR count). The molecular weight excluding hydrogens is 430 g/mol. The predicted molar refractivity (Wildman–Crippen MR) is 114 cm³/mol. The molecule has 2 aromatic carbocycles. The number of hydrogen-bond donors (Lipinski definition) is 3. The summed E-state index contributed by atoms with van der Waals surface area (Å²) in [6.45, 7) is 1.51. The van der Waals surface area contributed by atoms with Crippen LogP contribution in [0.5, 0.6) is 0 Å². The van der Waals surface area contributed by atoms with Crippen molar-refractivity contribution in [3.05, 3.63) is 47.5 Å². The third-order valence-corrected chi connectivity index (χ3v) is 5.25. The summed E-state index contributed by atoms with van der Waals surface area (Å²) in [6.07, 6.45) is 1.72. The molecule has 1 amide bonds. The predicted octanol–water partition coefficient (Wildman–Crippen LogP) is 3.65. The molecule has 1 aliphatic heterocycles. The van der Waals surface area contributed by atoms with Crippen LogP contribution in [-0.2, 0) is 9.53 Å². The van der Waals surface area contributed by atoms with Gasteiger partial charge in [0.15, 0.2) is 5.82 Å². The fraction of sp³-hybridized carbons (Fsp3) is 0.286. The number of nitrogens with zero attached hydrogens (tertiary/aromatic N) is 1. The molecule has 31 heavy (non-hydrogen) atoms. The Bertz CT molecular complexity index is 1130. The number of aromatic amines is 1. The van der Waals surface area contributed by atoms with E-state index in [0.717, 1.165) is 32.6 Å². The molecule has 1 aliphatic rings. The third kappa shape index (κ3) is 4.52. The number of aromatic nitrogens is 2. The van der Waals surface area contributed by atoms with Crippen LogP contribution in [0.25, 0.3) is 22.0 Å². The number of anilines is 1. The van der Waals surface area contributed by atoms with E-state index in [2.05, 4.69) is 25.6 Å². The third-order valence-electron chi connectivity index (χ3n) is 5.25. The number of amides is 1. The first-order valence-corrected chi connectivity index (χ1v) is 9.55. The highest BCUT2D eigenvalue weighted by Crippen LogP contribution is 2.31. The van der Waals surface area contributed by atoms with Crippen LogP contribution < -0.4 is 10.6 Å². The van der Waals surface area contributed by atoms with Gasteiger partial charge in [-0.15, -0.1) is 12.4 Å². The van der Waals surface area contributed by atoms with Crippen molar-refractivity contribution in [3.63, 3.8) is 0 Å². The van der Waals surface area contributed by atoms with Crippen LogP contribution in [0, 0.1) is 17.6 Å². The fourth-order valence-corrected chi connectivity index (χ4v) is 3.61. The van der Waals surface area contributed by atoms with Crippen LogP contribution in [0.1, 0.15) is 23.2 Å². The maximum Gasteiger partial charge on any atom is 0.340 e. The lowest BCUT2D eigenvalue weighted by Gasteiger charge is -2.21. The molecule has 1 fully saturated rings. The van der Waals surface area contributed by atoms with Crippen molar-refractivity contribution in [2.45, 2.75) is 12.8 Å². The average Bonchev–Trinajstić information content (AvgIpc) is 3.16. The highest BCUT2D eigenvalue weighted by molar-refractivity contribution is 6.02. The molecule has 164 valence electrons. The molecule has 10 heteroatoms. The number of hydrogen-bond acceptors (Lipinski definition) is 5. The zero-order valence-corrected chi connectivity index (χ0v) is 17.4. The summed E-state index contributed by atoms with van der Waals surface area (Å²) in [7, 11) is 1.12. The summed E-state index contributed by atoms with van der Waals surface area (Å²) in [6, 6.07) is 6.69. The smallest absolute Gasteiger partial charge is 0.340 e. The van der Waals surface area contributed by atoms with Gasteiger partial charge in [-0.2, -0.15) is 5.10 Å². The van der Waals surface area contributed by atoms with Gasteiger partial charge in [-0.05, 0) is 43.1 Å². The van der Waals surface area contributed by atoms with Crippen molar-refractivity contribution in [1.82, 2.24) is 15.5 Å². The van der Waals surface area contributed by atoms with Crippen molar-refractivity contribution >= 4 is 41.0 Å². The standard InChI is InChI=1S/C21H20F2N4O3.ClH/c1-30-21(29)14-8-13(16(22)9-17(14)23)11-4-5-18-15(7-11)19(27-26-18)25-20(28)12-3-2-6-24-10-12;/h4-5,7-9,12,24H,2-3,6,10H2,1H3,(H2,25,26,27,28);1H/t12-;/m1./s1. The monoisotopic (exact) mass is 450 g/mol. The summed E-state index contributed by atoms with van der Waals surface area (Å²) >= 11 is 0. The zero-order chi connectivity index (χ0) is 21.3. The lowest BCUT2D eigenvalue weighted by molar-refractivity contribution is -0.120. The van der Waals surface area contributed by atoms with Gasteiger partial charge in [0.05, 0.1) is 24.1 Å². The first-order chi connectivity index (χ1) is 14.5. The molecule has 3 N–H and O–H groups in total. The minimum atomic E-state index is -0.999. The number of H-pyrrole nitrogens is 1. The number of esters is 1. The van der Waals surface area contributed by atoms with E-state index in [4.69, 9.17) is 0 Å². The number of benzene rings is 2. The van der Waals surface area contributed by atoms with E-state index in [9.17, 15) is 18.4 Å². The Morgan fingerprint density at radius 2 is 2.00 bits per heavy atom. The van der Waals surface area contributed by atoms with Crippen LogP contribution in [0.3, 0.4) is 0 Å². The molecule has 3 aromatic rings. The minimum Gasteiger partial charge on any atom is -0.465 e. The highest BCUT2D eigenvalue weighted by Gasteiger charge is 2.23. The Morgan fingerprint density at radius 1 is 1.19 bits per heavy atom. The number of ether oxygens (including phenoxy) is 1. The molecule has 0 radical (unpaired) electrons. The average molecular weight is 451 g/mol. The Kier molecular flexibility index (Phi) is 6.87. The van der Waals surface area contributed by atoms with Crippen molar-refractivity contribution in [2.75, 3.05) is 25.5 Å². The Balaban J connectivity index is 0.00000272. The summed E-state index contributed by atoms with van der Waals surface area (Å²) in [4.78, 5) is 24.3. The molecule has 0 saturated carbocycles. The number of fused-ring (bicyclic) bond motifs is 1. The molecule has 0 unspecified atom stereocenters. The maximum atomic E-state index is 14.5. The van der Waals surface area contributed by atoms with Gasteiger partial charge < -0.3 is 15.4 Å². The normalized spacial score (nSPS) is 15.9. The quantitative estimate of drug-likeness (QED) is 0.527. The fourth-order valence-electron chi connectivity index (χ4n) is 3.61. The molecular formula is C21H21ClF2N4O3.